The predicted molar refractivity (Wildman–Crippen MR) is 145 cm³/mol. The summed E-state index contributed by atoms with van der Waals surface area (Å²) in [7, 11) is -5.17. The van der Waals surface area contributed by atoms with Gasteiger partial charge in [0.05, 0.1) is 19.6 Å². The van der Waals surface area contributed by atoms with E-state index < -0.39 is 10.4 Å². The molecule has 0 bridgehead atoms. The molecule has 0 aromatic carbocycles. The molecule has 0 aromatic heterocycles. The first-order valence-electron chi connectivity index (χ1n) is 14.6. The molecule has 8 nitrogen and oxygen atoms in total. The Morgan fingerprint density at radius 1 is 0.611 bits per heavy atom. The van der Waals surface area contributed by atoms with E-state index in [1.54, 1.807) is 0 Å². The number of nitrogens with zero attached hydrogens (tertiary/aromatic N) is 1. The van der Waals surface area contributed by atoms with Gasteiger partial charge in [-0.05, 0) is 19.3 Å². The lowest BCUT2D eigenvalue weighted by atomic mass is 10.0. The van der Waals surface area contributed by atoms with Gasteiger partial charge in [-0.1, -0.05) is 97.3 Å². The topological polar surface area (TPSA) is 141 Å². The van der Waals surface area contributed by atoms with Gasteiger partial charge in [-0.15, -0.1) is 0 Å². The molecular weight excluding hydrogens is 482 g/mol. The first-order chi connectivity index (χ1) is 17.1. The highest BCUT2D eigenvalue weighted by molar-refractivity contribution is 7.79. The molecule has 0 aliphatic rings. The van der Waals surface area contributed by atoms with Gasteiger partial charge in [0, 0.05) is 36.5 Å². The fourth-order valence-electron chi connectivity index (χ4n) is 4.93. The summed E-state index contributed by atoms with van der Waals surface area (Å²) < 4.78 is 34.9. The van der Waals surface area contributed by atoms with E-state index in [0.29, 0.717) is 0 Å². The Morgan fingerprint density at radius 2 is 0.944 bits per heavy atom. The average Bonchev–Trinajstić information content (AvgIpc) is 2.80. The molecule has 0 saturated carbocycles. The molecule has 0 saturated heterocycles. The summed E-state index contributed by atoms with van der Waals surface area (Å²) in [5, 5.41) is 29.2. The van der Waals surface area contributed by atoms with Crippen molar-refractivity contribution in [2.24, 2.45) is 0 Å². The Bertz CT molecular complexity index is 530. The van der Waals surface area contributed by atoms with Crippen molar-refractivity contribution >= 4 is 10.4 Å². The fraction of sp³-hybridized carbons (Fsp3) is 1.00. The molecular formula is C27H58NO7S-. The van der Waals surface area contributed by atoms with Crippen LogP contribution in [-0.4, -0.2) is 82.8 Å². The molecule has 220 valence electrons. The highest BCUT2D eigenvalue weighted by atomic mass is 32.3. The van der Waals surface area contributed by atoms with E-state index in [2.05, 4.69) is 13.8 Å². The fourth-order valence-corrected chi connectivity index (χ4v) is 4.93. The van der Waals surface area contributed by atoms with Crippen molar-refractivity contribution in [2.45, 2.75) is 136 Å². The number of aliphatic hydroxyl groups excluding tert-OH is 3. The molecule has 9 heteroatoms. The van der Waals surface area contributed by atoms with Gasteiger partial charge in [0.15, 0.2) is 0 Å². The second-order valence-electron chi connectivity index (χ2n) is 10.3. The quantitative estimate of drug-likeness (QED) is 0.0649. The number of hydrogen-bond acceptors (Lipinski definition) is 7. The molecule has 1 unspecified atom stereocenters. The Labute approximate surface area is 222 Å². The predicted octanol–water partition coefficient (Wildman–Crippen LogP) is 4.87. The molecule has 0 aromatic rings. The number of rotatable bonds is 25. The van der Waals surface area contributed by atoms with E-state index in [4.69, 9.17) is 17.5 Å². The Kier molecular flexibility index (Phi) is 27.7. The van der Waals surface area contributed by atoms with Gasteiger partial charge in [-0.25, -0.2) is 0 Å². The number of quaternary nitrogens is 1. The van der Waals surface area contributed by atoms with Crippen molar-refractivity contribution in [3.05, 3.63) is 0 Å². The number of aliphatic hydroxyl groups is 3. The molecule has 0 spiro atoms. The monoisotopic (exact) mass is 540 g/mol. The van der Waals surface area contributed by atoms with E-state index in [-0.39, 0.29) is 19.3 Å². The number of unbranched alkanes of at least 4 members (excludes halogenated alkanes) is 13. The molecule has 3 N–H and O–H groups in total. The third-order valence-corrected chi connectivity index (χ3v) is 6.79. The van der Waals surface area contributed by atoms with Crippen LogP contribution in [0.2, 0.25) is 0 Å². The van der Waals surface area contributed by atoms with Gasteiger partial charge in [-0.3, -0.25) is 8.42 Å². The molecule has 0 radical (unpaired) electrons. The minimum atomic E-state index is -5.17. The van der Waals surface area contributed by atoms with Crippen molar-refractivity contribution < 1.29 is 37.3 Å². The zero-order chi connectivity index (χ0) is 27.5. The van der Waals surface area contributed by atoms with Crippen LogP contribution in [0, 0.1) is 0 Å². The van der Waals surface area contributed by atoms with Gasteiger partial charge in [-0.2, -0.15) is 0 Å². The van der Waals surface area contributed by atoms with Crippen LogP contribution in [-0.2, 0) is 10.4 Å². The molecule has 0 rings (SSSR count). The van der Waals surface area contributed by atoms with E-state index in [0.717, 1.165) is 56.3 Å². The summed E-state index contributed by atoms with van der Waals surface area (Å²) in [4.78, 5) is 0. The third kappa shape index (κ3) is 29.9. The standard InChI is InChI=1S/C27H58NO3.H2O4S/c1-3-5-6-7-8-9-10-11-12-13-14-15-16-17-21-28(22-18-24-29,23-19-25-30)26-27(31)20-4-2;1-5(2,3)4/h27,29-31H,3-26H2,1-2H3;(H2,1,2,3,4)/q+1;/p-2. The van der Waals surface area contributed by atoms with Crippen LogP contribution in [0.1, 0.15) is 129 Å². The molecule has 0 heterocycles. The van der Waals surface area contributed by atoms with Crippen molar-refractivity contribution in [2.75, 3.05) is 39.4 Å². The zero-order valence-corrected chi connectivity index (χ0v) is 24.2. The SMILES string of the molecule is CCCCCCCCCCCCCCCC[N+](CCCO)(CCCO)CC(O)CCC.O=S(=O)([O-])[O-]. The van der Waals surface area contributed by atoms with Crippen LogP contribution in [0.3, 0.4) is 0 Å². The molecule has 0 fully saturated rings. The lowest BCUT2D eigenvalue weighted by Gasteiger charge is -2.40. The van der Waals surface area contributed by atoms with Crippen molar-refractivity contribution in [3.63, 3.8) is 0 Å². The summed E-state index contributed by atoms with van der Waals surface area (Å²) in [6.45, 7) is 8.48. The molecule has 36 heavy (non-hydrogen) atoms. The minimum absolute atomic E-state index is 0.210. The highest BCUT2D eigenvalue weighted by Crippen LogP contribution is 2.18. The van der Waals surface area contributed by atoms with Gasteiger partial charge in [0.2, 0.25) is 0 Å². The van der Waals surface area contributed by atoms with Gasteiger partial charge < -0.3 is 28.9 Å². The van der Waals surface area contributed by atoms with E-state index in [9.17, 15) is 15.3 Å². The molecule has 1 atom stereocenters. The lowest BCUT2D eigenvalue weighted by molar-refractivity contribution is -0.931. The van der Waals surface area contributed by atoms with Gasteiger partial charge in [0.25, 0.3) is 0 Å². The molecule has 0 aliphatic carbocycles. The van der Waals surface area contributed by atoms with Crippen molar-refractivity contribution in [3.8, 4) is 0 Å². The van der Waals surface area contributed by atoms with Gasteiger partial charge >= 0.3 is 0 Å². The summed E-state index contributed by atoms with van der Waals surface area (Å²) in [6.07, 6.45) is 22.3. The number of hydrogen-bond donors (Lipinski definition) is 3. The van der Waals surface area contributed by atoms with E-state index >= 15 is 0 Å². The maximum absolute atomic E-state index is 10.5. The van der Waals surface area contributed by atoms with Crippen LogP contribution < -0.4 is 0 Å². The lowest BCUT2D eigenvalue weighted by Crippen LogP contribution is -2.54. The largest absolute Gasteiger partial charge is 0.759 e. The summed E-state index contributed by atoms with van der Waals surface area (Å²) in [5.41, 5.74) is 0. The smallest absolute Gasteiger partial charge is 0.105 e. The van der Waals surface area contributed by atoms with Gasteiger partial charge in [0.1, 0.15) is 12.6 Å². The van der Waals surface area contributed by atoms with Crippen LogP contribution in [0.5, 0.6) is 0 Å². The second kappa shape index (κ2) is 26.3. The zero-order valence-electron chi connectivity index (χ0n) is 23.4. The minimum Gasteiger partial charge on any atom is -0.759 e. The van der Waals surface area contributed by atoms with Crippen LogP contribution in [0.15, 0.2) is 0 Å². The Balaban J connectivity index is 0. The first-order valence-corrected chi connectivity index (χ1v) is 15.9. The average molecular weight is 541 g/mol. The van der Waals surface area contributed by atoms with Crippen LogP contribution >= 0.6 is 0 Å². The van der Waals surface area contributed by atoms with Crippen LogP contribution in [0.4, 0.5) is 0 Å². The maximum atomic E-state index is 10.5. The van der Waals surface area contributed by atoms with Crippen molar-refractivity contribution in [1.82, 2.24) is 0 Å². The first kappa shape index (κ1) is 37.9. The summed E-state index contributed by atoms with van der Waals surface area (Å²) in [5.74, 6) is 0. The maximum Gasteiger partial charge on any atom is 0.105 e. The normalized spacial score (nSPS) is 12.9. The Morgan fingerprint density at radius 3 is 1.28 bits per heavy atom. The summed E-state index contributed by atoms with van der Waals surface area (Å²) in [6, 6.07) is 0. The Hall–Kier alpha value is -0.290. The van der Waals surface area contributed by atoms with E-state index in [1.807, 2.05) is 0 Å². The van der Waals surface area contributed by atoms with Crippen LogP contribution in [0.25, 0.3) is 0 Å². The molecule has 0 amide bonds. The van der Waals surface area contributed by atoms with E-state index in [1.165, 1.54) is 89.9 Å². The summed E-state index contributed by atoms with van der Waals surface area (Å²) >= 11 is 0. The third-order valence-electron chi connectivity index (χ3n) is 6.79. The highest BCUT2D eigenvalue weighted by Gasteiger charge is 2.29. The second-order valence-corrected chi connectivity index (χ2v) is 11.1. The van der Waals surface area contributed by atoms with Crippen molar-refractivity contribution in [1.29, 1.82) is 0 Å². The molecule has 0 aliphatic heterocycles.